The third-order valence-electron chi connectivity index (χ3n) is 7.63. The summed E-state index contributed by atoms with van der Waals surface area (Å²) in [4.78, 5) is 33.4. The summed E-state index contributed by atoms with van der Waals surface area (Å²) in [7, 11) is 2.80. The van der Waals surface area contributed by atoms with Gasteiger partial charge in [-0.15, -0.1) is 0 Å². The first-order valence-corrected chi connectivity index (χ1v) is 11.4. The highest BCUT2D eigenvalue weighted by molar-refractivity contribution is 6.02. The number of hydrazone groups is 1. The fourth-order valence-corrected chi connectivity index (χ4v) is 5.08. The van der Waals surface area contributed by atoms with Gasteiger partial charge in [-0.2, -0.15) is 5.10 Å². The van der Waals surface area contributed by atoms with E-state index in [-0.39, 0.29) is 28.7 Å². The Hall–Kier alpha value is -3.88. The van der Waals surface area contributed by atoms with Crippen molar-refractivity contribution >= 4 is 29.1 Å². The van der Waals surface area contributed by atoms with Crippen molar-refractivity contribution in [2.24, 2.45) is 15.9 Å². The second kappa shape index (κ2) is 9.05. The molecule has 1 amide bonds. The molecule has 1 aromatic heterocycles. The number of hydrogen-bond acceptors (Lipinski definition) is 6. The normalized spacial score (nSPS) is 21.3. The van der Waals surface area contributed by atoms with E-state index in [0.717, 1.165) is 23.3 Å². The van der Waals surface area contributed by atoms with E-state index in [2.05, 4.69) is 29.4 Å². The first kappa shape index (κ1) is 24.3. The molecule has 1 aliphatic carbocycles. The van der Waals surface area contributed by atoms with E-state index in [1.807, 2.05) is 31.2 Å². The molecule has 2 atom stereocenters. The number of aromatic carboxylic acids is 1. The molecule has 184 valence electrons. The fourth-order valence-electron chi connectivity index (χ4n) is 5.08. The second-order valence-electron chi connectivity index (χ2n) is 9.55. The number of methoxy groups -OCH3 is 2. The van der Waals surface area contributed by atoms with E-state index in [9.17, 15) is 14.7 Å². The summed E-state index contributed by atoms with van der Waals surface area (Å²) in [5.41, 5.74) is 3.59. The molecule has 1 aliphatic rings. The van der Waals surface area contributed by atoms with Crippen molar-refractivity contribution in [1.29, 1.82) is 0 Å². The SMILES string of the molecule is COc1ccc(/C=N\NC(=O)[C@@]2(C)CC[C@@H](c3nc4ccccc4[nH]3)C2(C)C)c(C(=O)O)c1OC. The molecule has 1 heterocycles. The lowest BCUT2D eigenvalue weighted by molar-refractivity contribution is -0.135. The summed E-state index contributed by atoms with van der Waals surface area (Å²) in [6, 6.07) is 11.0. The number of aromatic amines is 1. The van der Waals surface area contributed by atoms with Crippen molar-refractivity contribution < 1.29 is 24.2 Å². The van der Waals surface area contributed by atoms with Gasteiger partial charge in [0.1, 0.15) is 11.4 Å². The number of carbonyl (C=O) groups is 2. The molecular formula is C26H30N4O5. The van der Waals surface area contributed by atoms with Crippen LogP contribution in [0.2, 0.25) is 0 Å². The van der Waals surface area contributed by atoms with Gasteiger partial charge < -0.3 is 19.6 Å². The number of hydrogen-bond donors (Lipinski definition) is 3. The Bertz CT molecular complexity index is 1280. The van der Waals surface area contributed by atoms with E-state index in [1.54, 1.807) is 12.1 Å². The standard InChI is InChI=1S/C26H30N4O5/c1-25(2)16(22-28-17-8-6-7-9-18(17)29-22)12-13-26(25,3)24(33)30-27-14-15-10-11-19(34-4)21(35-5)20(15)23(31)32/h6-11,14,16H,12-13H2,1-5H3,(H,28,29)(H,30,33)(H,31,32)/b27-14-/t16-,26+/m0/s1. The Labute approximate surface area is 203 Å². The molecule has 9 nitrogen and oxygen atoms in total. The first-order valence-electron chi connectivity index (χ1n) is 11.4. The zero-order chi connectivity index (χ0) is 25.4. The molecule has 4 rings (SSSR count). The maximum absolute atomic E-state index is 13.3. The maximum Gasteiger partial charge on any atom is 0.340 e. The number of aromatic nitrogens is 2. The van der Waals surface area contributed by atoms with Gasteiger partial charge in [0.15, 0.2) is 11.5 Å². The quantitative estimate of drug-likeness (QED) is 0.343. The van der Waals surface area contributed by atoms with Gasteiger partial charge in [0.25, 0.3) is 0 Å². The Morgan fingerprint density at radius 1 is 1.17 bits per heavy atom. The molecule has 9 heteroatoms. The molecule has 3 N–H and O–H groups in total. The van der Waals surface area contributed by atoms with E-state index >= 15 is 0 Å². The number of benzene rings is 2. The first-order chi connectivity index (χ1) is 16.6. The van der Waals surface area contributed by atoms with E-state index in [0.29, 0.717) is 12.2 Å². The van der Waals surface area contributed by atoms with Crippen molar-refractivity contribution in [3.63, 3.8) is 0 Å². The van der Waals surface area contributed by atoms with E-state index in [1.165, 1.54) is 20.4 Å². The summed E-state index contributed by atoms with van der Waals surface area (Å²) < 4.78 is 10.4. The minimum absolute atomic E-state index is 0.0686. The van der Waals surface area contributed by atoms with Crippen LogP contribution < -0.4 is 14.9 Å². The molecule has 0 aliphatic heterocycles. The van der Waals surface area contributed by atoms with Gasteiger partial charge in [0.2, 0.25) is 5.91 Å². The van der Waals surface area contributed by atoms with Crippen LogP contribution in [0.25, 0.3) is 11.0 Å². The maximum atomic E-state index is 13.3. The van der Waals surface area contributed by atoms with Gasteiger partial charge in [-0.05, 0) is 42.5 Å². The predicted molar refractivity (Wildman–Crippen MR) is 132 cm³/mol. The summed E-state index contributed by atoms with van der Waals surface area (Å²) in [5, 5.41) is 13.8. The van der Waals surface area contributed by atoms with E-state index < -0.39 is 16.8 Å². The second-order valence-corrected chi connectivity index (χ2v) is 9.55. The number of H-pyrrole nitrogens is 1. The number of carbonyl (C=O) groups excluding carboxylic acids is 1. The van der Waals surface area contributed by atoms with Crippen LogP contribution in [-0.2, 0) is 4.79 Å². The van der Waals surface area contributed by atoms with E-state index in [4.69, 9.17) is 14.5 Å². The number of amides is 1. The van der Waals surface area contributed by atoms with Crippen LogP contribution in [0.15, 0.2) is 41.5 Å². The van der Waals surface area contributed by atoms with Crippen LogP contribution in [-0.4, -0.2) is 47.4 Å². The number of carboxylic acids is 1. The Morgan fingerprint density at radius 2 is 1.91 bits per heavy atom. The smallest absolute Gasteiger partial charge is 0.340 e. The highest BCUT2D eigenvalue weighted by Crippen LogP contribution is 2.59. The molecule has 1 saturated carbocycles. The van der Waals surface area contributed by atoms with Crippen molar-refractivity contribution in [3.05, 3.63) is 53.3 Å². The monoisotopic (exact) mass is 478 g/mol. The van der Waals surface area contributed by atoms with Gasteiger partial charge in [0, 0.05) is 11.5 Å². The number of ether oxygens (including phenoxy) is 2. The Morgan fingerprint density at radius 3 is 2.57 bits per heavy atom. The van der Waals surface area contributed by atoms with Gasteiger partial charge >= 0.3 is 5.97 Å². The van der Waals surface area contributed by atoms with Crippen molar-refractivity contribution in [2.75, 3.05) is 14.2 Å². The largest absolute Gasteiger partial charge is 0.493 e. The lowest BCUT2D eigenvalue weighted by Crippen LogP contribution is -2.45. The number of para-hydroxylation sites is 2. The van der Waals surface area contributed by atoms with Crippen LogP contribution in [0.4, 0.5) is 0 Å². The highest BCUT2D eigenvalue weighted by atomic mass is 16.5. The number of nitrogens with zero attached hydrogens (tertiary/aromatic N) is 2. The van der Waals surface area contributed by atoms with Crippen LogP contribution in [0.5, 0.6) is 11.5 Å². The third-order valence-corrected chi connectivity index (χ3v) is 7.63. The number of fused-ring (bicyclic) bond motifs is 1. The van der Waals surface area contributed by atoms with Crippen molar-refractivity contribution in [1.82, 2.24) is 15.4 Å². The van der Waals surface area contributed by atoms with Crippen molar-refractivity contribution in [2.45, 2.75) is 39.5 Å². The lowest BCUT2D eigenvalue weighted by Gasteiger charge is -2.39. The zero-order valence-corrected chi connectivity index (χ0v) is 20.5. The molecule has 2 aromatic carbocycles. The van der Waals surface area contributed by atoms with Crippen molar-refractivity contribution in [3.8, 4) is 11.5 Å². The predicted octanol–water partition coefficient (Wildman–Crippen LogP) is 4.34. The molecule has 35 heavy (non-hydrogen) atoms. The fraction of sp³-hybridized carbons (Fsp3) is 0.385. The minimum Gasteiger partial charge on any atom is -0.493 e. The zero-order valence-electron chi connectivity index (χ0n) is 20.5. The number of imidazole rings is 1. The van der Waals surface area contributed by atoms with Crippen LogP contribution in [0, 0.1) is 10.8 Å². The Balaban J connectivity index is 1.56. The third kappa shape index (κ3) is 4.00. The molecule has 0 saturated heterocycles. The summed E-state index contributed by atoms with van der Waals surface area (Å²) in [6.45, 7) is 6.11. The van der Waals surface area contributed by atoms with Crippen LogP contribution >= 0.6 is 0 Å². The average Bonchev–Trinajstić information content (AvgIpc) is 3.36. The summed E-state index contributed by atoms with van der Waals surface area (Å²) >= 11 is 0. The van der Waals surface area contributed by atoms with Gasteiger partial charge in [-0.1, -0.05) is 32.9 Å². The summed E-state index contributed by atoms with van der Waals surface area (Å²) in [6.07, 6.45) is 2.78. The molecule has 1 fully saturated rings. The average molecular weight is 479 g/mol. The van der Waals surface area contributed by atoms with Crippen LogP contribution in [0.1, 0.15) is 61.3 Å². The molecule has 0 unspecified atom stereocenters. The topological polar surface area (TPSA) is 126 Å². The highest BCUT2D eigenvalue weighted by Gasteiger charge is 2.57. The van der Waals surface area contributed by atoms with Gasteiger partial charge in [-0.25, -0.2) is 15.2 Å². The molecular weight excluding hydrogens is 448 g/mol. The summed E-state index contributed by atoms with van der Waals surface area (Å²) in [5.74, 6) is -0.0803. The minimum atomic E-state index is -1.19. The number of nitrogens with one attached hydrogen (secondary N) is 2. The Kier molecular flexibility index (Phi) is 6.27. The molecule has 3 aromatic rings. The number of rotatable bonds is 7. The van der Waals surface area contributed by atoms with Crippen LogP contribution in [0.3, 0.4) is 0 Å². The van der Waals surface area contributed by atoms with Gasteiger partial charge in [-0.3, -0.25) is 4.79 Å². The lowest BCUT2D eigenvalue weighted by atomic mass is 9.65. The van der Waals surface area contributed by atoms with Gasteiger partial charge in [0.05, 0.1) is 36.9 Å². The molecule has 0 radical (unpaired) electrons. The number of carboxylic acid groups (broad SMARTS) is 1. The molecule has 0 bridgehead atoms. The molecule has 0 spiro atoms.